The number of thioether (sulfide) groups is 1. The molecule has 7 heteroatoms. The molecule has 2 aromatic carbocycles. The van der Waals surface area contributed by atoms with Gasteiger partial charge in [-0.3, -0.25) is 9.59 Å². The molecule has 5 nitrogen and oxygen atoms in total. The van der Waals surface area contributed by atoms with Crippen LogP contribution in [0.3, 0.4) is 0 Å². The van der Waals surface area contributed by atoms with Crippen molar-refractivity contribution >= 4 is 44.9 Å². The zero-order chi connectivity index (χ0) is 22.1. The molecular weight excluding hydrogens is 426 g/mol. The summed E-state index contributed by atoms with van der Waals surface area (Å²) in [7, 11) is 0. The van der Waals surface area contributed by atoms with E-state index in [1.165, 1.54) is 28.7 Å². The molecule has 0 spiro atoms. The van der Waals surface area contributed by atoms with Crippen molar-refractivity contribution in [3.8, 4) is 11.1 Å². The first kappa shape index (κ1) is 21.3. The molecule has 0 bridgehead atoms. The number of carbonyl (C=O) groups excluding carboxylic acids is 1. The summed E-state index contributed by atoms with van der Waals surface area (Å²) in [5.41, 5.74) is 5.81. The van der Waals surface area contributed by atoms with Crippen molar-refractivity contribution < 1.29 is 4.79 Å². The number of amides is 1. The Morgan fingerprint density at radius 1 is 1.10 bits per heavy atom. The number of thiophene rings is 1. The Hall–Kier alpha value is -2.90. The molecule has 0 aliphatic heterocycles. The molecule has 2 aromatic heterocycles. The van der Waals surface area contributed by atoms with Gasteiger partial charge in [-0.1, -0.05) is 59.3 Å². The maximum atomic E-state index is 12.8. The summed E-state index contributed by atoms with van der Waals surface area (Å²) < 4.78 is 0. The fourth-order valence-electron chi connectivity index (χ4n) is 3.34. The minimum Gasteiger partial charge on any atom is -0.325 e. The molecule has 0 saturated heterocycles. The maximum absolute atomic E-state index is 12.8. The van der Waals surface area contributed by atoms with Crippen LogP contribution in [0.25, 0.3) is 21.3 Å². The first-order valence-electron chi connectivity index (χ1n) is 9.95. The molecule has 4 aromatic rings. The third-order valence-corrected chi connectivity index (χ3v) is 6.94. The number of H-pyrrole nitrogens is 1. The maximum Gasteiger partial charge on any atom is 0.260 e. The van der Waals surface area contributed by atoms with Crippen LogP contribution in [-0.2, 0) is 4.79 Å². The van der Waals surface area contributed by atoms with E-state index in [1.54, 1.807) is 6.92 Å². The second kappa shape index (κ2) is 8.69. The molecule has 31 heavy (non-hydrogen) atoms. The van der Waals surface area contributed by atoms with Gasteiger partial charge in [0.05, 0.1) is 10.6 Å². The number of aryl methyl sites for hydroxylation is 3. The second-order valence-corrected chi connectivity index (χ2v) is 9.82. The summed E-state index contributed by atoms with van der Waals surface area (Å²) in [6, 6.07) is 14.0. The number of aromatic amines is 1. The van der Waals surface area contributed by atoms with Crippen molar-refractivity contribution in [3.05, 3.63) is 74.9 Å². The highest BCUT2D eigenvalue weighted by atomic mass is 32.2. The van der Waals surface area contributed by atoms with Crippen LogP contribution in [0.15, 0.2) is 57.8 Å². The number of hydrogen-bond donors (Lipinski definition) is 2. The quantitative estimate of drug-likeness (QED) is 0.303. The first-order chi connectivity index (χ1) is 14.8. The zero-order valence-corrected chi connectivity index (χ0v) is 19.4. The van der Waals surface area contributed by atoms with Crippen LogP contribution in [0, 0.1) is 20.8 Å². The molecule has 2 heterocycles. The summed E-state index contributed by atoms with van der Waals surface area (Å²) >= 11 is 2.68. The van der Waals surface area contributed by atoms with Crippen molar-refractivity contribution in [3.63, 3.8) is 0 Å². The molecule has 2 N–H and O–H groups in total. The molecule has 0 fully saturated rings. The Morgan fingerprint density at radius 2 is 1.81 bits per heavy atom. The van der Waals surface area contributed by atoms with E-state index in [-0.39, 0.29) is 11.5 Å². The Balaban J connectivity index is 1.55. The van der Waals surface area contributed by atoms with Crippen LogP contribution in [0.4, 0.5) is 5.69 Å². The van der Waals surface area contributed by atoms with E-state index in [1.807, 2.05) is 68.6 Å². The van der Waals surface area contributed by atoms with E-state index in [0.29, 0.717) is 15.4 Å². The van der Waals surface area contributed by atoms with Gasteiger partial charge in [-0.2, -0.15) is 0 Å². The molecule has 0 radical (unpaired) electrons. The predicted octanol–water partition coefficient (Wildman–Crippen LogP) is 5.70. The van der Waals surface area contributed by atoms with Crippen molar-refractivity contribution in [1.82, 2.24) is 9.97 Å². The van der Waals surface area contributed by atoms with Crippen molar-refractivity contribution in [1.29, 1.82) is 0 Å². The van der Waals surface area contributed by atoms with Crippen LogP contribution < -0.4 is 10.9 Å². The smallest absolute Gasteiger partial charge is 0.260 e. The number of nitrogens with zero attached hydrogens (tertiary/aromatic N) is 1. The van der Waals surface area contributed by atoms with Gasteiger partial charge >= 0.3 is 0 Å². The molecule has 0 aliphatic carbocycles. The molecular formula is C24H23N3O2S2. The van der Waals surface area contributed by atoms with E-state index in [0.717, 1.165) is 27.9 Å². The standard InChI is InChI=1S/C24H23N3O2S2/c1-13-5-8-17(9-6-13)18-12-30-23-20(18)22(29)26-24(27-23)31-16(4)21(28)25-19-10-7-14(2)11-15(19)3/h5-12,16H,1-4H3,(H,25,28)(H,26,27,29). The summed E-state index contributed by atoms with van der Waals surface area (Å²) in [6.07, 6.45) is 0. The average molecular weight is 450 g/mol. The van der Waals surface area contributed by atoms with E-state index < -0.39 is 5.25 Å². The highest BCUT2D eigenvalue weighted by Crippen LogP contribution is 2.32. The van der Waals surface area contributed by atoms with Gasteiger partial charge in [0.2, 0.25) is 5.91 Å². The lowest BCUT2D eigenvalue weighted by atomic mass is 10.1. The molecule has 0 aliphatic rings. The monoisotopic (exact) mass is 449 g/mol. The Bertz CT molecular complexity index is 1320. The normalized spacial score (nSPS) is 12.1. The molecule has 1 atom stereocenters. The SMILES string of the molecule is Cc1ccc(-c2csc3nc(SC(C)C(=O)Nc4ccc(C)cc4C)[nH]c(=O)c23)cc1. The Morgan fingerprint density at radius 3 is 2.52 bits per heavy atom. The van der Waals surface area contributed by atoms with E-state index in [9.17, 15) is 9.59 Å². The summed E-state index contributed by atoms with van der Waals surface area (Å²) in [5.74, 6) is -0.133. The van der Waals surface area contributed by atoms with Gasteiger partial charge in [-0.25, -0.2) is 4.98 Å². The fourth-order valence-corrected chi connectivity index (χ4v) is 5.14. The van der Waals surface area contributed by atoms with Gasteiger partial charge in [0.25, 0.3) is 5.56 Å². The molecule has 1 amide bonds. The van der Waals surface area contributed by atoms with Crippen molar-refractivity contribution in [2.45, 2.75) is 38.1 Å². The molecule has 158 valence electrons. The van der Waals surface area contributed by atoms with Crippen LogP contribution in [0.2, 0.25) is 0 Å². The average Bonchev–Trinajstić information content (AvgIpc) is 3.15. The minimum absolute atomic E-state index is 0.133. The number of nitrogens with one attached hydrogen (secondary N) is 2. The van der Waals surface area contributed by atoms with Crippen molar-refractivity contribution in [2.75, 3.05) is 5.32 Å². The van der Waals surface area contributed by atoms with E-state index in [4.69, 9.17) is 0 Å². The van der Waals surface area contributed by atoms with Gasteiger partial charge in [0.1, 0.15) is 4.83 Å². The number of rotatable bonds is 5. The highest BCUT2D eigenvalue weighted by molar-refractivity contribution is 8.00. The summed E-state index contributed by atoms with van der Waals surface area (Å²) in [5, 5.41) is 5.54. The number of hydrogen-bond acceptors (Lipinski definition) is 5. The first-order valence-corrected chi connectivity index (χ1v) is 11.7. The summed E-state index contributed by atoms with van der Waals surface area (Å²) in [6.45, 7) is 7.82. The largest absolute Gasteiger partial charge is 0.325 e. The number of fused-ring (bicyclic) bond motifs is 1. The Kier molecular flexibility index (Phi) is 5.98. The molecule has 1 unspecified atom stereocenters. The van der Waals surface area contributed by atoms with Crippen molar-refractivity contribution in [2.24, 2.45) is 0 Å². The van der Waals surface area contributed by atoms with Crippen LogP contribution >= 0.6 is 23.1 Å². The second-order valence-electron chi connectivity index (χ2n) is 7.63. The van der Waals surface area contributed by atoms with Crippen LogP contribution in [-0.4, -0.2) is 21.1 Å². The van der Waals surface area contributed by atoms with Gasteiger partial charge < -0.3 is 10.3 Å². The number of aromatic nitrogens is 2. The third-order valence-electron chi connectivity index (χ3n) is 5.08. The number of benzene rings is 2. The fraction of sp³-hybridized carbons (Fsp3) is 0.208. The van der Waals surface area contributed by atoms with Gasteiger partial charge in [-0.05, 0) is 44.9 Å². The Labute approximate surface area is 188 Å². The van der Waals surface area contributed by atoms with E-state index >= 15 is 0 Å². The molecule has 0 saturated carbocycles. The van der Waals surface area contributed by atoms with Gasteiger partial charge in [0, 0.05) is 16.6 Å². The van der Waals surface area contributed by atoms with Crippen LogP contribution in [0.1, 0.15) is 23.6 Å². The zero-order valence-electron chi connectivity index (χ0n) is 17.8. The topological polar surface area (TPSA) is 74.8 Å². The predicted molar refractivity (Wildman–Crippen MR) is 130 cm³/mol. The third kappa shape index (κ3) is 4.57. The lowest BCUT2D eigenvalue weighted by molar-refractivity contribution is -0.115. The van der Waals surface area contributed by atoms with Crippen LogP contribution in [0.5, 0.6) is 0 Å². The number of anilines is 1. The summed E-state index contributed by atoms with van der Waals surface area (Å²) in [4.78, 5) is 33.6. The lowest BCUT2D eigenvalue weighted by Gasteiger charge is -2.13. The highest BCUT2D eigenvalue weighted by Gasteiger charge is 2.19. The number of carbonyl (C=O) groups is 1. The van der Waals surface area contributed by atoms with Gasteiger partial charge in [0.15, 0.2) is 5.16 Å². The minimum atomic E-state index is -0.419. The van der Waals surface area contributed by atoms with E-state index in [2.05, 4.69) is 15.3 Å². The molecule has 4 rings (SSSR count). The van der Waals surface area contributed by atoms with Gasteiger partial charge in [-0.15, -0.1) is 11.3 Å². The lowest BCUT2D eigenvalue weighted by Crippen LogP contribution is -2.23.